The maximum absolute atomic E-state index is 12.2. The van der Waals surface area contributed by atoms with Crippen LogP contribution in [0.25, 0.3) is 16.8 Å². The first-order valence-electron chi connectivity index (χ1n) is 11.7. The molecular weight excluding hydrogens is 434 g/mol. The quantitative estimate of drug-likeness (QED) is 0.226. The van der Waals surface area contributed by atoms with Gasteiger partial charge < -0.3 is 4.74 Å². The van der Waals surface area contributed by atoms with Gasteiger partial charge in [0.2, 0.25) is 0 Å². The lowest BCUT2D eigenvalue weighted by Gasteiger charge is -2.44. The van der Waals surface area contributed by atoms with Crippen LogP contribution in [0.4, 0.5) is 0 Å². The van der Waals surface area contributed by atoms with Crippen LogP contribution in [-0.2, 0) is 9.53 Å². The van der Waals surface area contributed by atoms with Crippen molar-refractivity contribution in [1.29, 1.82) is 0 Å². The number of hydrogen-bond donors (Lipinski definition) is 0. The SMILES string of the molecule is CCOC(=O)/C=C/c1ccccc1[Si@](c1ccccc1)(c1nccc2ccccc12)C(C)(C)C. The molecule has 0 aliphatic heterocycles. The predicted molar refractivity (Wildman–Crippen MR) is 145 cm³/mol. The van der Waals surface area contributed by atoms with Crippen LogP contribution >= 0.6 is 0 Å². The summed E-state index contributed by atoms with van der Waals surface area (Å²) < 4.78 is 5.16. The second-order valence-electron chi connectivity index (χ2n) is 9.42. The van der Waals surface area contributed by atoms with Crippen LogP contribution < -0.4 is 15.7 Å². The monoisotopic (exact) mass is 465 g/mol. The third-order valence-electron chi connectivity index (χ3n) is 6.41. The van der Waals surface area contributed by atoms with Crippen molar-refractivity contribution in [3.05, 3.63) is 103 Å². The molecule has 0 unspecified atom stereocenters. The van der Waals surface area contributed by atoms with E-state index in [-0.39, 0.29) is 11.0 Å². The number of benzene rings is 3. The Bertz CT molecular complexity index is 1320. The van der Waals surface area contributed by atoms with E-state index in [0.717, 1.165) is 10.9 Å². The summed E-state index contributed by atoms with van der Waals surface area (Å²) in [4.78, 5) is 17.3. The van der Waals surface area contributed by atoms with E-state index in [9.17, 15) is 4.79 Å². The minimum atomic E-state index is -2.74. The summed E-state index contributed by atoms with van der Waals surface area (Å²) in [5, 5.41) is 5.91. The lowest BCUT2D eigenvalue weighted by atomic mass is 10.2. The van der Waals surface area contributed by atoms with Crippen molar-refractivity contribution in [3.8, 4) is 0 Å². The van der Waals surface area contributed by atoms with Crippen LogP contribution in [0.5, 0.6) is 0 Å². The summed E-state index contributed by atoms with van der Waals surface area (Å²) >= 11 is 0. The molecule has 3 aromatic carbocycles. The number of ether oxygens (including phenoxy) is 1. The minimum Gasteiger partial charge on any atom is -0.463 e. The molecule has 4 aromatic rings. The Balaban J connectivity index is 2.12. The van der Waals surface area contributed by atoms with Gasteiger partial charge in [-0.05, 0) is 50.8 Å². The van der Waals surface area contributed by atoms with Crippen molar-refractivity contribution in [2.24, 2.45) is 0 Å². The summed E-state index contributed by atoms with van der Waals surface area (Å²) in [6.45, 7) is 9.14. The van der Waals surface area contributed by atoms with Crippen molar-refractivity contribution in [1.82, 2.24) is 4.98 Å². The number of fused-ring (bicyclic) bond motifs is 1. The number of esters is 1. The van der Waals surface area contributed by atoms with E-state index >= 15 is 0 Å². The zero-order valence-electron chi connectivity index (χ0n) is 20.3. The van der Waals surface area contributed by atoms with Gasteiger partial charge in [-0.25, -0.2) is 4.79 Å². The number of pyridine rings is 1. The summed E-state index contributed by atoms with van der Waals surface area (Å²) in [5.74, 6) is -0.330. The fraction of sp³-hybridized carbons (Fsp3) is 0.200. The van der Waals surface area contributed by atoms with Gasteiger partial charge in [-0.1, -0.05) is 99.6 Å². The molecular formula is C30H31NO2Si. The Morgan fingerprint density at radius 2 is 1.59 bits per heavy atom. The van der Waals surface area contributed by atoms with Crippen molar-refractivity contribution in [2.75, 3.05) is 6.61 Å². The lowest BCUT2D eigenvalue weighted by Crippen LogP contribution is -2.73. The van der Waals surface area contributed by atoms with E-state index in [1.165, 1.54) is 27.2 Å². The van der Waals surface area contributed by atoms with Gasteiger partial charge in [0, 0.05) is 17.6 Å². The Hall–Kier alpha value is -3.50. The lowest BCUT2D eigenvalue weighted by molar-refractivity contribution is -0.137. The van der Waals surface area contributed by atoms with Gasteiger partial charge in [-0.2, -0.15) is 0 Å². The summed E-state index contributed by atoms with van der Waals surface area (Å²) in [6.07, 6.45) is 5.37. The van der Waals surface area contributed by atoms with E-state index in [1.54, 1.807) is 0 Å². The van der Waals surface area contributed by atoms with Gasteiger partial charge in [0.1, 0.15) is 0 Å². The smallest absolute Gasteiger partial charge is 0.330 e. The molecule has 4 rings (SSSR count). The Morgan fingerprint density at radius 1 is 0.912 bits per heavy atom. The third-order valence-corrected chi connectivity index (χ3v) is 12.2. The number of carbonyl (C=O) groups excluding carboxylic acids is 1. The molecule has 0 saturated heterocycles. The number of rotatable bonds is 6. The van der Waals surface area contributed by atoms with Gasteiger partial charge in [-0.3, -0.25) is 4.98 Å². The highest BCUT2D eigenvalue weighted by molar-refractivity contribution is 7.14. The number of aromatic nitrogens is 1. The summed E-state index contributed by atoms with van der Waals surface area (Å²) in [5.41, 5.74) is 1.02. The topological polar surface area (TPSA) is 39.2 Å². The van der Waals surface area contributed by atoms with Crippen LogP contribution in [0.15, 0.2) is 97.2 Å². The molecule has 0 amide bonds. The normalized spacial score (nSPS) is 13.6. The molecule has 0 saturated carbocycles. The fourth-order valence-electron chi connectivity index (χ4n) is 5.05. The molecule has 4 heteroatoms. The minimum absolute atomic E-state index is 0.126. The maximum atomic E-state index is 12.2. The summed E-state index contributed by atoms with van der Waals surface area (Å²) in [7, 11) is -2.74. The highest BCUT2D eigenvalue weighted by atomic mass is 28.3. The first kappa shape index (κ1) is 23.6. The second-order valence-corrected chi connectivity index (χ2v) is 14.0. The van der Waals surface area contributed by atoms with Crippen LogP contribution in [0.3, 0.4) is 0 Å². The summed E-state index contributed by atoms with van der Waals surface area (Å²) in [6, 6.07) is 29.8. The zero-order chi connectivity index (χ0) is 24.2. The highest BCUT2D eigenvalue weighted by Gasteiger charge is 2.52. The van der Waals surface area contributed by atoms with Gasteiger partial charge in [0.15, 0.2) is 8.07 Å². The van der Waals surface area contributed by atoms with Crippen molar-refractivity contribution in [3.63, 3.8) is 0 Å². The maximum Gasteiger partial charge on any atom is 0.330 e. The van der Waals surface area contributed by atoms with Crippen LogP contribution in [-0.4, -0.2) is 25.6 Å². The first-order chi connectivity index (χ1) is 16.4. The predicted octanol–water partition coefficient (Wildman–Crippen LogP) is 5.08. The average molecular weight is 466 g/mol. The molecule has 34 heavy (non-hydrogen) atoms. The Kier molecular flexibility index (Phi) is 6.80. The molecule has 1 aromatic heterocycles. The van der Waals surface area contributed by atoms with Gasteiger partial charge in [-0.15, -0.1) is 0 Å². The molecule has 0 spiro atoms. The Morgan fingerprint density at radius 3 is 2.32 bits per heavy atom. The van der Waals surface area contributed by atoms with Gasteiger partial charge >= 0.3 is 5.97 Å². The van der Waals surface area contributed by atoms with E-state index in [1.807, 2.05) is 25.3 Å². The molecule has 172 valence electrons. The molecule has 0 radical (unpaired) electrons. The van der Waals surface area contributed by atoms with Crippen molar-refractivity contribution >= 4 is 46.6 Å². The fourth-order valence-corrected chi connectivity index (χ4v) is 10.8. The van der Waals surface area contributed by atoms with Crippen molar-refractivity contribution < 1.29 is 9.53 Å². The molecule has 1 atom stereocenters. The van der Waals surface area contributed by atoms with E-state index in [4.69, 9.17) is 9.72 Å². The van der Waals surface area contributed by atoms with Crippen molar-refractivity contribution in [2.45, 2.75) is 32.7 Å². The number of nitrogens with zero attached hydrogens (tertiary/aromatic N) is 1. The highest BCUT2D eigenvalue weighted by Crippen LogP contribution is 2.37. The average Bonchev–Trinajstić information content (AvgIpc) is 2.84. The van der Waals surface area contributed by atoms with E-state index in [0.29, 0.717) is 6.61 Å². The molecule has 3 nitrogen and oxygen atoms in total. The molecule has 1 heterocycles. The first-order valence-corrected chi connectivity index (χ1v) is 13.7. The number of hydrogen-bond acceptors (Lipinski definition) is 3. The molecule has 0 aliphatic rings. The van der Waals surface area contributed by atoms with E-state index < -0.39 is 8.07 Å². The van der Waals surface area contributed by atoms with E-state index in [2.05, 4.69) is 99.6 Å². The standard InChI is InChI=1S/C30H31NO2Si/c1-5-33-28(32)20-19-24-14-10-12-18-27(24)34(30(2,3)4,25-15-7-6-8-16-25)29-26-17-11-9-13-23(26)21-22-31-29/h6-22H,5H2,1-4H3/b20-19+/t34-/m1/s1. The largest absolute Gasteiger partial charge is 0.463 e. The Labute approximate surface area is 203 Å². The second kappa shape index (κ2) is 9.78. The van der Waals surface area contributed by atoms with Crippen LogP contribution in [0.1, 0.15) is 33.3 Å². The molecule has 0 N–H and O–H groups in total. The van der Waals surface area contributed by atoms with Crippen LogP contribution in [0, 0.1) is 0 Å². The molecule has 0 bridgehead atoms. The zero-order valence-corrected chi connectivity index (χ0v) is 21.3. The van der Waals surface area contributed by atoms with Gasteiger partial charge in [0.05, 0.1) is 6.61 Å². The van der Waals surface area contributed by atoms with Crippen LogP contribution in [0.2, 0.25) is 5.04 Å². The number of carbonyl (C=O) groups is 1. The molecule has 0 fully saturated rings. The third kappa shape index (κ3) is 4.21. The molecule has 0 aliphatic carbocycles. The van der Waals surface area contributed by atoms with Gasteiger partial charge in [0.25, 0.3) is 0 Å².